The molecule has 0 spiro atoms. The maximum absolute atomic E-state index is 13.2. The second-order valence-corrected chi connectivity index (χ2v) is 17.2. The highest BCUT2D eigenvalue weighted by Crippen LogP contribution is 2.17. The van der Waals surface area contributed by atoms with Crippen LogP contribution in [-0.4, -0.2) is 46.9 Å². The molecule has 6 nitrogen and oxygen atoms in total. The van der Waals surface area contributed by atoms with Gasteiger partial charge in [-0.25, -0.2) is 0 Å². The normalized spacial score (nSPS) is 13.8. The third-order valence-electron chi connectivity index (χ3n) is 11.4. The van der Waals surface area contributed by atoms with Gasteiger partial charge < -0.3 is 20.3 Å². The molecule has 0 saturated heterocycles. The number of unbranched alkanes of at least 4 members (excludes halogenated alkanes) is 24. The summed E-state index contributed by atoms with van der Waals surface area (Å²) in [5, 5.41) is 23.7. The van der Waals surface area contributed by atoms with Crippen molar-refractivity contribution in [1.82, 2.24) is 5.32 Å². The Morgan fingerprint density at radius 1 is 0.500 bits per heavy atom. The van der Waals surface area contributed by atoms with Crippen molar-refractivity contribution in [1.29, 1.82) is 0 Å². The van der Waals surface area contributed by atoms with Gasteiger partial charge in [0.2, 0.25) is 5.91 Å². The molecule has 0 aliphatic rings. The highest BCUT2D eigenvalue weighted by molar-refractivity contribution is 5.77. The van der Waals surface area contributed by atoms with Crippen molar-refractivity contribution in [2.24, 2.45) is 0 Å². The molecule has 0 bridgehead atoms. The lowest BCUT2D eigenvalue weighted by Crippen LogP contribution is -2.46. The van der Waals surface area contributed by atoms with Crippen LogP contribution in [0.2, 0.25) is 0 Å². The molecular formula is C54H97NO5. The summed E-state index contributed by atoms with van der Waals surface area (Å²) in [6.45, 7) is 6.34. The lowest BCUT2D eigenvalue weighted by Gasteiger charge is -2.24. The maximum Gasteiger partial charge on any atom is 0.306 e. The van der Waals surface area contributed by atoms with Crippen LogP contribution in [0, 0.1) is 0 Å². The summed E-state index contributed by atoms with van der Waals surface area (Å²) in [5.74, 6) is -0.575. The average molecular weight is 840 g/mol. The predicted molar refractivity (Wildman–Crippen MR) is 259 cm³/mol. The van der Waals surface area contributed by atoms with Gasteiger partial charge in [0, 0.05) is 12.8 Å². The van der Waals surface area contributed by atoms with Gasteiger partial charge in [0.1, 0.15) is 6.10 Å². The highest BCUT2D eigenvalue weighted by atomic mass is 16.5. The van der Waals surface area contributed by atoms with Gasteiger partial charge in [-0.2, -0.15) is 0 Å². The van der Waals surface area contributed by atoms with E-state index in [0.29, 0.717) is 19.3 Å². The topological polar surface area (TPSA) is 95.9 Å². The Labute approximate surface area is 371 Å². The van der Waals surface area contributed by atoms with Gasteiger partial charge in [-0.05, 0) is 44.9 Å². The number of ether oxygens (including phenoxy) is 1. The smallest absolute Gasteiger partial charge is 0.306 e. The first-order valence-corrected chi connectivity index (χ1v) is 25.5. The van der Waals surface area contributed by atoms with E-state index in [1.807, 2.05) is 12.2 Å². The van der Waals surface area contributed by atoms with Gasteiger partial charge in [-0.15, -0.1) is 0 Å². The summed E-state index contributed by atoms with van der Waals surface area (Å²) < 4.78 is 5.87. The second kappa shape index (κ2) is 47.6. The Bertz CT molecular complexity index is 1080. The van der Waals surface area contributed by atoms with Crippen molar-refractivity contribution in [3.63, 3.8) is 0 Å². The molecule has 0 aromatic heterocycles. The van der Waals surface area contributed by atoms with Gasteiger partial charge in [0.05, 0.1) is 25.2 Å². The van der Waals surface area contributed by atoms with Gasteiger partial charge in [0.25, 0.3) is 0 Å². The molecule has 0 fully saturated rings. The molecule has 0 aliphatic heterocycles. The van der Waals surface area contributed by atoms with Crippen LogP contribution in [0.1, 0.15) is 245 Å². The molecule has 0 rings (SSSR count). The number of carbonyl (C=O) groups excluding carboxylic acids is 2. The van der Waals surface area contributed by atoms with Crippen molar-refractivity contribution in [3.8, 4) is 0 Å². The van der Waals surface area contributed by atoms with E-state index in [4.69, 9.17) is 4.74 Å². The molecule has 348 valence electrons. The van der Waals surface area contributed by atoms with E-state index >= 15 is 0 Å². The Morgan fingerprint density at radius 2 is 0.867 bits per heavy atom. The van der Waals surface area contributed by atoms with E-state index in [2.05, 4.69) is 74.7 Å². The van der Waals surface area contributed by atoms with Crippen molar-refractivity contribution in [3.05, 3.63) is 60.8 Å². The zero-order valence-corrected chi connectivity index (χ0v) is 39.6. The van der Waals surface area contributed by atoms with Crippen molar-refractivity contribution in [2.45, 2.75) is 264 Å². The summed E-state index contributed by atoms with van der Waals surface area (Å²) >= 11 is 0. The lowest BCUT2D eigenvalue weighted by atomic mass is 10.0. The Balaban J connectivity index is 4.71. The third kappa shape index (κ3) is 42.3. The molecule has 0 aromatic rings. The van der Waals surface area contributed by atoms with Gasteiger partial charge in [-0.1, -0.05) is 242 Å². The second-order valence-electron chi connectivity index (χ2n) is 17.2. The molecule has 0 heterocycles. The Morgan fingerprint density at radius 3 is 1.27 bits per heavy atom. The number of hydrogen-bond donors (Lipinski definition) is 3. The van der Waals surface area contributed by atoms with Crippen LogP contribution >= 0.6 is 0 Å². The number of aliphatic hydroxyl groups excluding tert-OH is 2. The zero-order valence-electron chi connectivity index (χ0n) is 39.6. The average Bonchev–Trinajstić information content (AvgIpc) is 3.24. The largest absolute Gasteiger partial charge is 0.461 e. The fourth-order valence-electron chi connectivity index (χ4n) is 7.51. The quantitative estimate of drug-likeness (QED) is 0.0322. The summed E-state index contributed by atoms with van der Waals surface area (Å²) in [6.07, 6.45) is 58.7. The lowest BCUT2D eigenvalue weighted by molar-refractivity contribution is -0.150. The summed E-state index contributed by atoms with van der Waals surface area (Å²) in [5.41, 5.74) is 0. The fraction of sp³-hybridized carbons (Fsp3) is 0.778. The maximum atomic E-state index is 13.2. The minimum atomic E-state index is -0.811. The number of hydrogen-bond acceptors (Lipinski definition) is 5. The minimum absolute atomic E-state index is 0.000569. The summed E-state index contributed by atoms with van der Waals surface area (Å²) in [7, 11) is 0. The van der Waals surface area contributed by atoms with E-state index in [-0.39, 0.29) is 24.9 Å². The monoisotopic (exact) mass is 840 g/mol. The van der Waals surface area contributed by atoms with Gasteiger partial charge in [0.15, 0.2) is 0 Å². The molecule has 60 heavy (non-hydrogen) atoms. The number of nitrogens with one attached hydrogen (secondary N) is 1. The van der Waals surface area contributed by atoms with E-state index in [1.165, 1.54) is 128 Å². The van der Waals surface area contributed by atoms with Crippen LogP contribution < -0.4 is 5.32 Å². The predicted octanol–water partition coefficient (Wildman–Crippen LogP) is 15.2. The molecule has 0 aliphatic carbocycles. The molecule has 0 radical (unpaired) electrons. The number of carbonyl (C=O) groups is 2. The molecular weight excluding hydrogens is 743 g/mol. The standard InChI is InChI=1S/C54H97NO5/c1-4-7-10-13-16-19-22-24-26-28-31-33-36-39-42-45-50(60-54(59)47-44-41-38-35-32-29-27-25-23-20-17-14-11-8-5-2)48-53(58)55-51(49-56)52(57)46-43-40-37-34-30-21-18-15-12-9-6-3/h7,10,16,19,24,26,31,33,39,42,50-52,56-57H,4-6,8-9,11-15,17-18,20-23,25,27-30,32,34-38,40-41,43-49H2,1-3H3,(H,55,58)/b10-7-,19-16-,26-24-,33-31-,42-39-. The Hall–Kier alpha value is -2.44. The molecule has 0 aromatic carbocycles. The first-order chi connectivity index (χ1) is 29.5. The van der Waals surface area contributed by atoms with Crippen LogP contribution in [0.3, 0.4) is 0 Å². The van der Waals surface area contributed by atoms with E-state index in [9.17, 15) is 19.8 Å². The molecule has 1 amide bonds. The van der Waals surface area contributed by atoms with Crippen molar-refractivity contribution < 1.29 is 24.5 Å². The third-order valence-corrected chi connectivity index (χ3v) is 11.4. The fourth-order valence-corrected chi connectivity index (χ4v) is 7.51. The number of allylic oxidation sites excluding steroid dienone is 9. The van der Waals surface area contributed by atoms with E-state index in [1.54, 1.807) is 0 Å². The van der Waals surface area contributed by atoms with Gasteiger partial charge >= 0.3 is 5.97 Å². The van der Waals surface area contributed by atoms with Crippen LogP contribution in [-0.2, 0) is 14.3 Å². The number of esters is 1. The van der Waals surface area contributed by atoms with Crippen LogP contribution in [0.5, 0.6) is 0 Å². The molecule has 3 N–H and O–H groups in total. The van der Waals surface area contributed by atoms with Crippen LogP contribution in [0.4, 0.5) is 0 Å². The molecule has 3 atom stereocenters. The minimum Gasteiger partial charge on any atom is -0.461 e. The first-order valence-electron chi connectivity index (χ1n) is 25.5. The number of amides is 1. The highest BCUT2D eigenvalue weighted by Gasteiger charge is 2.23. The molecule has 6 heteroatoms. The zero-order chi connectivity index (χ0) is 43.8. The van der Waals surface area contributed by atoms with E-state index < -0.39 is 18.2 Å². The van der Waals surface area contributed by atoms with Crippen molar-refractivity contribution in [2.75, 3.05) is 6.61 Å². The summed E-state index contributed by atoms with van der Waals surface area (Å²) in [4.78, 5) is 26.1. The van der Waals surface area contributed by atoms with Crippen LogP contribution in [0.15, 0.2) is 60.8 Å². The number of aliphatic hydroxyl groups is 2. The molecule has 0 saturated carbocycles. The first kappa shape index (κ1) is 57.6. The van der Waals surface area contributed by atoms with Crippen LogP contribution in [0.25, 0.3) is 0 Å². The summed E-state index contributed by atoms with van der Waals surface area (Å²) in [6, 6.07) is -0.731. The van der Waals surface area contributed by atoms with E-state index in [0.717, 1.165) is 70.6 Å². The van der Waals surface area contributed by atoms with Crippen molar-refractivity contribution >= 4 is 11.9 Å². The Kier molecular flexibility index (Phi) is 45.7. The van der Waals surface area contributed by atoms with Gasteiger partial charge in [-0.3, -0.25) is 9.59 Å². The number of rotatable bonds is 45. The molecule has 3 unspecified atom stereocenters. The SMILES string of the molecule is CC/C=C\C/C=C\C/C=C\C/C=C\C/C=C\CC(CC(=O)NC(CO)C(O)CCCCCCCCCCCCC)OC(=O)CCCCCCCCCCCCCCCCC.